The number of nitrogens with two attached hydrogens (primary N) is 1. The van der Waals surface area contributed by atoms with E-state index in [2.05, 4.69) is 15.4 Å². The zero-order chi connectivity index (χ0) is 19.8. The van der Waals surface area contributed by atoms with Gasteiger partial charge in [-0.2, -0.15) is 5.10 Å². The Hall–Kier alpha value is -3.75. The number of aromatic nitrogens is 3. The number of nitrogens with one attached hydrogen (secondary N) is 1. The quantitative estimate of drug-likeness (QED) is 0.683. The van der Waals surface area contributed by atoms with Gasteiger partial charge in [0.15, 0.2) is 5.65 Å². The lowest BCUT2D eigenvalue weighted by atomic mass is 10.0. The summed E-state index contributed by atoms with van der Waals surface area (Å²) in [5.74, 6) is -0.746. The van der Waals surface area contributed by atoms with Crippen LogP contribution in [0.4, 0.5) is 0 Å². The predicted molar refractivity (Wildman–Crippen MR) is 100 cm³/mol. The Bertz CT molecular complexity index is 1080. The maximum Gasteiger partial charge on any atom is 0.253 e. The van der Waals surface area contributed by atoms with Crippen molar-refractivity contribution >= 4 is 23.4 Å². The molecule has 1 aliphatic rings. The lowest BCUT2D eigenvalue weighted by Crippen LogP contribution is -2.60. The van der Waals surface area contributed by atoms with Crippen LogP contribution in [0.1, 0.15) is 27.6 Å². The highest BCUT2D eigenvalue weighted by atomic mass is 16.2. The van der Waals surface area contributed by atoms with E-state index in [-0.39, 0.29) is 17.9 Å². The molecule has 0 bridgehead atoms. The van der Waals surface area contributed by atoms with E-state index in [1.165, 1.54) is 13.3 Å². The van der Waals surface area contributed by atoms with Gasteiger partial charge in [-0.15, -0.1) is 0 Å². The van der Waals surface area contributed by atoms with E-state index in [0.717, 1.165) is 11.3 Å². The van der Waals surface area contributed by atoms with E-state index in [1.807, 2.05) is 12.1 Å². The molecule has 1 aromatic carbocycles. The summed E-state index contributed by atoms with van der Waals surface area (Å²) in [5, 5.41) is 6.96. The van der Waals surface area contributed by atoms with Crippen LogP contribution in [0.5, 0.6) is 0 Å². The molecule has 9 nitrogen and oxygen atoms in total. The molecule has 28 heavy (non-hydrogen) atoms. The van der Waals surface area contributed by atoms with Crippen molar-refractivity contribution in [1.82, 2.24) is 24.8 Å². The van der Waals surface area contributed by atoms with Crippen LogP contribution in [0.15, 0.2) is 42.7 Å². The zero-order valence-electron chi connectivity index (χ0n) is 15.1. The summed E-state index contributed by atoms with van der Waals surface area (Å²) in [6.07, 6.45) is 1.36. The average Bonchev–Trinajstić information content (AvgIpc) is 3.12. The molecule has 0 radical (unpaired) electrons. The Kier molecular flexibility index (Phi) is 4.26. The molecule has 142 valence electrons. The monoisotopic (exact) mass is 378 g/mol. The van der Waals surface area contributed by atoms with Crippen LogP contribution in [0.2, 0.25) is 0 Å². The molecule has 1 saturated heterocycles. The van der Waals surface area contributed by atoms with E-state index in [9.17, 15) is 14.4 Å². The molecule has 3 amide bonds. The minimum absolute atomic E-state index is 0.0186. The van der Waals surface area contributed by atoms with Gasteiger partial charge >= 0.3 is 0 Å². The largest absolute Gasteiger partial charge is 0.365 e. The van der Waals surface area contributed by atoms with Crippen molar-refractivity contribution in [1.29, 1.82) is 0 Å². The second-order valence-corrected chi connectivity index (χ2v) is 6.68. The zero-order valence-corrected chi connectivity index (χ0v) is 15.1. The summed E-state index contributed by atoms with van der Waals surface area (Å²) in [6.45, 7) is 2.48. The van der Waals surface area contributed by atoms with Gasteiger partial charge < -0.3 is 16.0 Å². The second kappa shape index (κ2) is 6.76. The first-order chi connectivity index (χ1) is 13.4. The van der Waals surface area contributed by atoms with Gasteiger partial charge in [-0.25, -0.2) is 9.50 Å². The number of fused-ring (bicyclic) bond motifs is 1. The Morgan fingerprint density at radius 1 is 1.11 bits per heavy atom. The molecule has 2 aromatic heterocycles. The van der Waals surface area contributed by atoms with E-state index in [0.29, 0.717) is 29.9 Å². The number of carbonyl (C=O) groups excluding carboxylic acids is 3. The van der Waals surface area contributed by atoms with Crippen LogP contribution in [0.3, 0.4) is 0 Å². The number of likely N-dealkylation sites (tertiary alicyclic amines) is 1. The Morgan fingerprint density at radius 2 is 1.82 bits per heavy atom. The summed E-state index contributed by atoms with van der Waals surface area (Å²) >= 11 is 0. The first kappa shape index (κ1) is 17.7. The molecule has 3 heterocycles. The molecule has 1 fully saturated rings. The molecule has 0 saturated carbocycles. The van der Waals surface area contributed by atoms with Gasteiger partial charge in [-0.1, -0.05) is 12.1 Å². The van der Waals surface area contributed by atoms with Crippen LogP contribution < -0.4 is 11.1 Å². The Balaban J connectivity index is 1.55. The first-order valence-corrected chi connectivity index (χ1v) is 8.73. The highest BCUT2D eigenvalue weighted by Crippen LogP contribution is 2.23. The van der Waals surface area contributed by atoms with E-state index in [1.54, 1.807) is 33.7 Å². The van der Waals surface area contributed by atoms with Crippen LogP contribution in [0, 0.1) is 0 Å². The summed E-state index contributed by atoms with van der Waals surface area (Å²) in [4.78, 5) is 40.9. The summed E-state index contributed by atoms with van der Waals surface area (Å²) in [6, 6.07) is 10.5. The molecule has 9 heteroatoms. The highest BCUT2D eigenvalue weighted by Gasteiger charge is 2.31. The number of primary amides is 1. The van der Waals surface area contributed by atoms with Crippen molar-refractivity contribution < 1.29 is 14.4 Å². The van der Waals surface area contributed by atoms with Gasteiger partial charge in [-0.3, -0.25) is 14.4 Å². The van der Waals surface area contributed by atoms with E-state index < -0.39 is 5.91 Å². The standard InChI is InChI=1S/C19H18N6O3/c1-11(26)23-14-8-24(9-14)19(28)13-4-2-12(3-5-13)16-7-6-15(17(20)27)18-21-10-22-25(16)18/h2-7,10,14H,8-9H2,1H3,(H2,20,27)(H,23,26). The lowest BCUT2D eigenvalue weighted by molar-refractivity contribution is -0.120. The molecule has 3 N–H and O–H groups in total. The van der Waals surface area contributed by atoms with Crippen molar-refractivity contribution in [2.24, 2.45) is 5.73 Å². The highest BCUT2D eigenvalue weighted by molar-refractivity contribution is 5.99. The topological polar surface area (TPSA) is 123 Å². The number of hydrogen-bond donors (Lipinski definition) is 2. The summed E-state index contributed by atoms with van der Waals surface area (Å²) < 4.78 is 1.55. The maximum absolute atomic E-state index is 12.5. The van der Waals surface area contributed by atoms with E-state index >= 15 is 0 Å². The molecule has 3 aromatic rings. The van der Waals surface area contributed by atoms with Crippen molar-refractivity contribution in [3.8, 4) is 11.3 Å². The van der Waals surface area contributed by atoms with E-state index in [4.69, 9.17) is 5.73 Å². The number of amides is 3. The third-order valence-electron chi connectivity index (χ3n) is 4.69. The summed E-state index contributed by atoms with van der Waals surface area (Å²) in [5.41, 5.74) is 8.17. The lowest BCUT2D eigenvalue weighted by Gasteiger charge is -2.39. The maximum atomic E-state index is 12.5. The van der Waals surface area contributed by atoms with Crippen molar-refractivity contribution in [3.63, 3.8) is 0 Å². The molecule has 1 aliphatic heterocycles. The fourth-order valence-corrected chi connectivity index (χ4v) is 3.31. The van der Waals surface area contributed by atoms with Crippen molar-refractivity contribution in [2.75, 3.05) is 13.1 Å². The molecular weight excluding hydrogens is 360 g/mol. The van der Waals surface area contributed by atoms with Gasteiger partial charge in [-0.05, 0) is 24.3 Å². The van der Waals surface area contributed by atoms with Gasteiger partial charge in [0.05, 0.1) is 17.3 Å². The predicted octanol–water partition coefficient (Wildman–Crippen LogP) is 0.456. The first-order valence-electron chi connectivity index (χ1n) is 8.73. The minimum atomic E-state index is -0.572. The molecular formula is C19H18N6O3. The third kappa shape index (κ3) is 3.07. The van der Waals surface area contributed by atoms with Gasteiger partial charge in [0.25, 0.3) is 11.8 Å². The number of hydrogen-bond acceptors (Lipinski definition) is 5. The van der Waals surface area contributed by atoms with Gasteiger partial charge in [0.1, 0.15) is 6.33 Å². The Morgan fingerprint density at radius 3 is 2.46 bits per heavy atom. The molecule has 4 rings (SSSR count). The fourth-order valence-electron chi connectivity index (χ4n) is 3.31. The number of pyridine rings is 1. The van der Waals surface area contributed by atoms with Crippen molar-refractivity contribution in [2.45, 2.75) is 13.0 Å². The SMILES string of the molecule is CC(=O)NC1CN(C(=O)c2ccc(-c3ccc(C(N)=O)c4ncnn34)cc2)C1. The van der Waals surface area contributed by atoms with Crippen LogP contribution >= 0.6 is 0 Å². The van der Waals surface area contributed by atoms with Gasteiger partial charge in [0.2, 0.25) is 5.91 Å². The van der Waals surface area contributed by atoms with Crippen molar-refractivity contribution in [3.05, 3.63) is 53.9 Å². The van der Waals surface area contributed by atoms with Gasteiger partial charge in [0, 0.05) is 31.1 Å². The second-order valence-electron chi connectivity index (χ2n) is 6.68. The minimum Gasteiger partial charge on any atom is -0.365 e. The van der Waals surface area contributed by atoms with Crippen LogP contribution in [0.25, 0.3) is 16.9 Å². The van der Waals surface area contributed by atoms with Crippen LogP contribution in [-0.4, -0.2) is 56.4 Å². The molecule has 0 aliphatic carbocycles. The third-order valence-corrected chi connectivity index (χ3v) is 4.69. The molecule has 0 spiro atoms. The number of nitrogens with zero attached hydrogens (tertiary/aromatic N) is 4. The number of rotatable bonds is 4. The normalized spacial score (nSPS) is 14.0. The Labute approximate surface area is 160 Å². The fraction of sp³-hybridized carbons (Fsp3) is 0.211. The van der Waals surface area contributed by atoms with Crippen LogP contribution in [-0.2, 0) is 4.79 Å². The molecule has 0 unspecified atom stereocenters. The average molecular weight is 378 g/mol. The number of carbonyl (C=O) groups is 3. The number of benzene rings is 1. The summed E-state index contributed by atoms with van der Waals surface area (Å²) in [7, 11) is 0. The molecule has 0 atom stereocenters. The smallest absolute Gasteiger partial charge is 0.253 e.